The fourth-order valence-corrected chi connectivity index (χ4v) is 6.76. The van der Waals surface area contributed by atoms with Gasteiger partial charge in [0, 0.05) is 6.42 Å². The van der Waals surface area contributed by atoms with Crippen LogP contribution in [0.25, 0.3) is 11.2 Å². The average Bonchev–Trinajstić information content (AvgIpc) is 3.57. The third kappa shape index (κ3) is 6.23. The highest BCUT2D eigenvalue weighted by Crippen LogP contribution is 2.51. The van der Waals surface area contributed by atoms with Crippen molar-refractivity contribution < 1.29 is 42.5 Å². The Morgan fingerprint density at radius 2 is 1.91 bits per heavy atom. The van der Waals surface area contributed by atoms with Crippen molar-refractivity contribution >= 4 is 30.8 Å². The molecule has 2 aromatic carbocycles. The van der Waals surface area contributed by atoms with Crippen LogP contribution in [0.1, 0.15) is 25.1 Å². The minimum absolute atomic E-state index is 0.0351. The first-order valence-corrected chi connectivity index (χ1v) is 15.7. The molecule has 16 heteroatoms. The number of fused-ring (bicyclic) bond motifs is 1. The maximum absolute atomic E-state index is 14.1. The second-order valence-electron chi connectivity index (χ2n) is 10.6. The maximum atomic E-state index is 14.1. The van der Waals surface area contributed by atoms with Crippen LogP contribution >= 0.6 is 7.75 Å². The predicted octanol–water partition coefficient (Wildman–Crippen LogP) is 2.76. The largest absolute Gasteiger partial charge is 0.479 e. The standard InChI is InChI=1S/C29H33N6O9P/c1-18(26(37)40-15-19-9-5-3-6-10-19)34-45(38,44-20-11-7-4-8-12-20)42-16-21-23(36)29(13-14-41-29)27(43-21)35-17-31-22-24(35)32-28(30)33-25(22)39-2/h3-12,17-18,21,23,27,36H,13-16H2,1-2H3,(H,34,38)(H2,30,32,33)/t18-,21?,23+,27?,29+,45?/m0/s1. The van der Waals surface area contributed by atoms with E-state index < -0.39 is 50.4 Å². The number of aliphatic hydroxyl groups is 1. The summed E-state index contributed by atoms with van der Waals surface area (Å²) in [6, 6.07) is 16.4. The summed E-state index contributed by atoms with van der Waals surface area (Å²) in [6.07, 6.45) is -1.20. The number of para-hydroxylation sites is 1. The van der Waals surface area contributed by atoms with Crippen LogP contribution in [-0.2, 0) is 34.7 Å². The molecule has 4 aromatic rings. The number of benzene rings is 2. The monoisotopic (exact) mass is 640 g/mol. The molecular weight excluding hydrogens is 607 g/mol. The van der Waals surface area contributed by atoms with E-state index in [9.17, 15) is 14.5 Å². The molecule has 3 unspecified atom stereocenters. The number of esters is 1. The molecule has 4 heterocycles. The number of hydrogen-bond acceptors (Lipinski definition) is 13. The van der Waals surface area contributed by atoms with Gasteiger partial charge in [-0.2, -0.15) is 15.1 Å². The molecule has 1 spiro atoms. The molecule has 2 aliphatic heterocycles. The lowest BCUT2D eigenvalue weighted by molar-refractivity contribution is -0.225. The molecule has 0 aliphatic carbocycles. The fourth-order valence-electron chi connectivity index (χ4n) is 5.26. The van der Waals surface area contributed by atoms with Crippen LogP contribution < -0.4 is 20.1 Å². The van der Waals surface area contributed by atoms with Crippen molar-refractivity contribution in [2.24, 2.45) is 0 Å². The van der Waals surface area contributed by atoms with Gasteiger partial charge in [0.05, 0.1) is 26.7 Å². The Morgan fingerprint density at radius 3 is 2.58 bits per heavy atom. The summed E-state index contributed by atoms with van der Waals surface area (Å²) in [5.41, 5.74) is 6.19. The van der Waals surface area contributed by atoms with Crippen LogP contribution in [0.3, 0.4) is 0 Å². The van der Waals surface area contributed by atoms with Gasteiger partial charge >= 0.3 is 13.7 Å². The number of imidazole rings is 1. The summed E-state index contributed by atoms with van der Waals surface area (Å²) in [7, 11) is -2.81. The molecule has 0 amide bonds. The number of carbonyl (C=O) groups is 1. The van der Waals surface area contributed by atoms with E-state index in [-0.39, 0.29) is 24.2 Å². The van der Waals surface area contributed by atoms with Gasteiger partial charge in [-0.3, -0.25) is 13.9 Å². The van der Waals surface area contributed by atoms with Crippen LogP contribution in [0.4, 0.5) is 5.95 Å². The number of hydrogen-bond donors (Lipinski definition) is 3. The van der Waals surface area contributed by atoms with Gasteiger partial charge in [0.1, 0.15) is 36.2 Å². The smallest absolute Gasteiger partial charge is 0.459 e. The van der Waals surface area contributed by atoms with Crippen molar-refractivity contribution in [3.8, 4) is 11.6 Å². The third-order valence-electron chi connectivity index (χ3n) is 7.60. The topological polar surface area (TPSA) is 191 Å². The van der Waals surface area contributed by atoms with E-state index in [1.165, 1.54) is 20.4 Å². The zero-order valence-electron chi connectivity index (χ0n) is 24.5. The van der Waals surface area contributed by atoms with E-state index in [0.717, 1.165) is 5.56 Å². The van der Waals surface area contributed by atoms with Gasteiger partial charge in [0.2, 0.25) is 11.8 Å². The molecule has 2 saturated heterocycles. The van der Waals surface area contributed by atoms with E-state index >= 15 is 0 Å². The normalized spacial score (nSPS) is 24.6. The molecule has 2 fully saturated rings. The molecule has 45 heavy (non-hydrogen) atoms. The highest BCUT2D eigenvalue weighted by atomic mass is 31.2. The van der Waals surface area contributed by atoms with Gasteiger partial charge in [-0.25, -0.2) is 9.55 Å². The first-order chi connectivity index (χ1) is 21.7. The Hall–Kier alpha value is -4.11. The highest BCUT2D eigenvalue weighted by Gasteiger charge is 2.62. The van der Waals surface area contributed by atoms with Crippen LogP contribution in [0.15, 0.2) is 67.0 Å². The van der Waals surface area contributed by atoms with Crippen molar-refractivity contribution in [2.75, 3.05) is 26.1 Å². The number of ether oxygens (including phenoxy) is 4. The Bertz CT molecular complexity index is 1690. The number of aromatic nitrogens is 4. The first-order valence-electron chi connectivity index (χ1n) is 14.2. The highest BCUT2D eigenvalue weighted by molar-refractivity contribution is 7.52. The van der Waals surface area contributed by atoms with Gasteiger partial charge in [-0.05, 0) is 24.6 Å². The first kappa shape index (κ1) is 30.9. The summed E-state index contributed by atoms with van der Waals surface area (Å²) in [5, 5.41) is 14.1. The van der Waals surface area contributed by atoms with Crippen molar-refractivity contribution in [3.05, 3.63) is 72.6 Å². The van der Waals surface area contributed by atoms with E-state index in [2.05, 4.69) is 20.0 Å². The summed E-state index contributed by atoms with van der Waals surface area (Å²) in [4.78, 5) is 25.5. The SMILES string of the molecule is COc1nc(N)nc2c1ncn2C1OC(COP(=O)(N[C@@H](C)C(=O)OCc2ccccc2)Oc2ccccc2)[C@@H](O)[C@]12CCO2. The predicted molar refractivity (Wildman–Crippen MR) is 159 cm³/mol. The second kappa shape index (κ2) is 12.7. The minimum Gasteiger partial charge on any atom is -0.479 e. The lowest BCUT2D eigenvalue weighted by Gasteiger charge is -2.44. The minimum atomic E-state index is -4.25. The van der Waals surface area contributed by atoms with Crippen molar-refractivity contribution in [1.82, 2.24) is 24.6 Å². The number of nitrogens with zero attached hydrogens (tertiary/aromatic N) is 4. The molecule has 238 valence electrons. The average molecular weight is 641 g/mol. The molecule has 0 saturated carbocycles. The van der Waals surface area contributed by atoms with Gasteiger partial charge in [-0.15, -0.1) is 0 Å². The quantitative estimate of drug-likeness (QED) is 0.151. The Kier molecular flexibility index (Phi) is 8.73. The molecule has 0 bridgehead atoms. The zero-order chi connectivity index (χ0) is 31.6. The molecule has 4 N–H and O–H groups in total. The van der Waals surface area contributed by atoms with Gasteiger partial charge in [0.25, 0.3) is 0 Å². The Labute approximate surface area is 258 Å². The Balaban J connectivity index is 1.20. The van der Waals surface area contributed by atoms with Gasteiger partial charge in [0.15, 0.2) is 17.4 Å². The number of nitrogen functional groups attached to an aromatic ring is 1. The van der Waals surface area contributed by atoms with Crippen LogP contribution in [0, 0.1) is 0 Å². The molecule has 2 aliphatic rings. The van der Waals surface area contributed by atoms with Crippen molar-refractivity contribution in [3.63, 3.8) is 0 Å². The Morgan fingerprint density at radius 1 is 1.20 bits per heavy atom. The number of anilines is 1. The summed E-state index contributed by atoms with van der Waals surface area (Å²) in [6.45, 7) is 1.52. The van der Waals surface area contributed by atoms with E-state index in [0.29, 0.717) is 24.2 Å². The fraction of sp³-hybridized carbons (Fsp3) is 0.379. The second-order valence-corrected chi connectivity index (χ2v) is 12.3. The number of carbonyl (C=O) groups excluding carboxylic acids is 1. The number of nitrogens with two attached hydrogens (primary N) is 1. The molecule has 2 aromatic heterocycles. The summed E-state index contributed by atoms with van der Waals surface area (Å²) < 4.78 is 50.1. The van der Waals surface area contributed by atoms with Crippen molar-refractivity contribution in [1.29, 1.82) is 0 Å². The molecule has 6 rings (SSSR count). The molecule has 6 atom stereocenters. The number of methoxy groups -OCH3 is 1. The van der Waals surface area contributed by atoms with E-state index in [1.807, 2.05) is 30.3 Å². The molecule has 0 radical (unpaired) electrons. The molecular formula is C29H33N6O9P. The number of nitrogens with one attached hydrogen (secondary N) is 1. The third-order valence-corrected chi connectivity index (χ3v) is 9.24. The lowest BCUT2D eigenvalue weighted by atomic mass is 9.86. The zero-order valence-corrected chi connectivity index (χ0v) is 25.4. The van der Waals surface area contributed by atoms with Gasteiger partial charge < -0.3 is 34.3 Å². The number of aliphatic hydroxyl groups excluding tert-OH is 1. The van der Waals surface area contributed by atoms with Crippen LogP contribution in [0.2, 0.25) is 0 Å². The van der Waals surface area contributed by atoms with Crippen molar-refractivity contribution in [2.45, 2.75) is 50.0 Å². The van der Waals surface area contributed by atoms with Crippen LogP contribution in [-0.4, -0.2) is 74.8 Å². The lowest BCUT2D eigenvalue weighted by Crippen LogP contribution is -2.56. The maximum Gasteiger partial charge on any atom is 0.459 e. The summed E-state index contributed by atoms with van der Waals surface area (Å²) >= 11 is 0. The van der Waals surface area contributed by atoms with Crippen LogP contribution in [0.5, 0.6) is 11.6 Å². The summed E-state index contributed by atoms with van der Waals surface area (Å²) in [5.74, 6) is -0.287. The van der Waals surface area contributed by atoms with Gasteiger partial charge in [-0.1, -0.05) is 48.5 Å². The number of rotatable bonds is 12. The van der Waals surface area contributed by atoms with E-state index in [1.54, 1.807) is 34.9 Å². The molecule has 15 nitrogen and oxygen atoms in total. The van der Waals surface area contributed by atoms with E-state index in [4.69, 9.17) is 33.7 Å².